The van der Waals surface area contributed by atoms with Crippen LogP contribution < -0.4 is 11.1 Å². The molecular formula is C24H30N6O5S. The molecule has 1 atom stereocenters. The Morgan fingerprint density at radius 3 is 2.56 bits per heavy atom. The summed E-state index contributed by atoms with van der Waals surface area (Å²) in [4.78, 5) is 27.8. The molecule has 1 aromatic carbocycles. The summed E-state index contributed by atoms with van der Waals surface area (Å²) in [6.07, 6.45) is 1.16. The number of hydrogen-bond acceptors (Lipinski definition) is 8. The second-order valence-electron chi connectivity index (χ2n) is 9.77. The number of fused-ring (bicyclic) bond motifs is 1. The van der Waals surface area contributed by atoms with Crippen molar-refractivity contribution in [2.24, 2.45) is 12.8 Å². The first-order valence-electron chi connectivity index (χ1n) is 11.7. The van der Waals surface area contributed by atoms with Crippen molar-refractivity contribution >= 4 is 21.7 Å². The molecule has 1 aliphatic carbocycles. The van der Waals surface area contributed by atoms with Gasteiger partial charge in [0.2, 0.25) is 0 Å². The van der Waals surface area contributed by atoms with E-state index < -0.39 is 31.8 Å². The lowest BCUT2D eigenvalue weighted by Crippen LogP contribution is -2.55. The van der Waals surface area contributed by atoms with E-state index in [2.05, 4.69) is 10.4 Å². The van der Waals surface area contributed by atoms with Gasteiger partial charge in [0.15, 0.2) is 15.5 Å². The normalized spacial score (nSPS) is 18.2. The fourth-order valence-electron chi connectivity index (χ4n) is 4.65. The van der Waals surface area contributed by atoms with Crippen LogP contribution in [0.25, 0.3) is 0 Å². The van der Waals surface area contributed by atoms with Crippen LogP contribution in [0.2, 0.25) is 0 Å². The van der Waals surface area contributed by atoms with Crippen LogP contribution in [0.5, 0.6) is 0 Å². The number of nitrogens with two attached hydrogens (primary N) is 1. The number of aliphatic hydroxyl groups is 1. The molecule has 0 saturated heterocycles. The zero-order valence-corrected chi connectivity index (χ0v) is 21.1. The highest BCUT2D eigenvalue weighted by Crippen LogP contribution is 2.49. The predicted molar refractivity (Wildman–Crippen MR) is 131 cm³/mol. The van der Waals surface area contributed by atoms with Gasteiger partial charge in [0.05, 0.1) is 23.0 Å². The number of nitrogens with one attached hydrogen (secondary N) is 1. The molecule has 1 fully saturated rings. The molecule has 11 nitrogen and oxygen atoms in total. The summed E-state index contributed by atoms with van der Waals surface area (Å²) in [5.41, 5.74) is 8.00. The molecule has 1 aromatic heterocycles. The molecule has 0 radical (unpaired) electrons. The van der Waals surface area contributed by atoms with Crippen molar-refractivity contribution in [3.63, 3.8) is 0 Å². The Balaban J connectivity index is 1.50. The van der Waals surface area contributed by atoms with Gasteiger partial charge in [0.1, 0.15) is 10.4 Å². The van der Waals surface area contributed by atoms with Gasteiger partial charge in [-0.2, -0.15) is 10.4 Å². The maximum atomic E-state index is 13.4. The number of hydrogen-bond donors (Lipinski definition) is 3. The molecule has 0 spiro atoms. The van der Waals surface area contributed by atoms with Crippen molar-refractivity contribution in [1.82, 2.24) is 20.0 Å². The van der Waals surface area contributed by atoms with E-state index in [4.69, 9.17) is 11.0 Å². The van der Waals surface area contributed by atoms with Gasteiger partial charge in [-0.1, -0.05) is 12.1 Å². The van der Waals surface area contributed by atoms with Gasteiger partial charge >= 0.3 is 0 Å². The third kappa shape index (κ3) is 4.17. The summed E-state index contributed by atoms with van der Waals surface area (Å²) in [6.45, 7) is 1.13. The summed E-state index contributed by atoms with van der Waals surface area (Å²) >= 11 is 0. The highest BCUT2D eigenvalue weighted by molar-refractivity contribution is 7.94. The summed E-state index contributed by atoms with van der Waals surface area (Å²) in [5.74, 6) is -0.794. The van der Waals surface area contributed by atoms with Crippen LogP contribution in [0.1, 0.15) is 57.4 Å². The molecule has 192 valence electrons. The number of rotatable bonds is 9. The zero-order valence-electron chi connectivity index (χ0n) is 20.3. The SMILES string of the molecule is Cn1nc(C(=O)NCc2ccc(C#N)cc2)c2c1C(=O)N(CC1(S(=O)(=O)[C@](C)(CN)CO)CC1)CC2. The molecule has 0 unspecified atom stereocenters. The maximum absolute atomic E-state index is 13.4. The number of aromatic nitrogens is 2. The van der Waals surface area contributed by atoms with Gasteiger partial charge in [-0.05, 0) is 43.9 Å². The smallest absolute Gasteiger partial charge is 0.272 e. The lowest BCUT2D eigenvalue weighted by molar-refractivity contribution is 0.0724. The van der Waals surface area contributed by atoms with Crippen LogP contribution in [0.15, 0.2) is 24.3 Å². The fourth-order valence-corrected chi connectivity index (χ4v) is 7.05. The molecule has 36 heavy (non-hydrogen) atoms. The van der Waals surface area contributed by atoms with Crippen molar-refractivity contribution in [1.29, 1.82) is 5.26 Å². The monoisotopic (exact) mass is 514 g/mol. The first-order valence-corrected chi connectivity index (χ1v) is 13.2. The molecule has 2 amide bonds. The number of benzene rings is 1. The molecule has 4 N–H and O–H groups in total. The second kappa shape index (κ2) is 9.31. The molecule has 1 aliphatic heterocycles. The number of aryl methyl sites for hydroxylation is 1. The molecular weight excluding hydrogens is 484 g/mol. The third-order valence-electron chi connectivity index (χ3n) is 7.29. The molecule has 1 saturated carbocycles. The van der Waals surface area contributed by atoms with Gasteiger partial charge in [-0.3, -0.25) is 14.3 Å². The molecule has 12 heteroatoms. The average molecular weight is 515 g/mol. The Morgan fingerprint density at radius 2 is 2.00 bits per heavy atom. The van der Waals surface area contributed by atoms with Gasteiger partial charge in [0.25, 0.3) is 11.8 Å². The largest absolute Gasteiger partial charge is 0.395 e. The minimum absolute atomic E-state index is 0.00853. The fraction of sp³-hybridized carbons (Fsp3) is 0.500. The van der Waals surface area contributed by atoms with E-state index in [-0.39, 0.29) is 43.5 Å². The molecule has 2 aromatic rings. The van der Waals surface area contributed by atoms with Crippen LogP contribution in [0.4, 0.5) is 0 Å². The quantitative estimate of drug-likeness (QED) is 0.415. The van der Waals surface area contributed by atoms with E-state index >= 15 is 0 Å². The lowest BCUT2D eigenvalue weighted by atomic mass is 10.0. The number of amides is 2. The number of carbonyl (C=O) groups excluding carboxylic acids is 2. The molecule has 2 heterocycles. The van der Waals surface area contributed by atoms with Crippen molar-refractivity contribution in [3.05, 3.63) is 52.3 Å². The van der Waals surface area contributed by atoms with Crippen molar-refractivity contribution in [2.75, 3.05) is 26.2 Å². The van der Waals surface area contributed by atoms with Crippen molar-refractivity contribution in [2.45, 2.75) is 42.2 Å². The van der Waals surface area contributed by atoms with E-state index in [1.165, 1.54) is 16.5 Å². The van der Waals surface area contributed by atoms with Gasteiger partial charge in [-0.25, -0.2) is 8.42 Å². The summed E-state index contributed by atoms with van der Waals surface area (Å²) in [6, 6.07) is 8.88. The highest BCUT2D eigenvalue weighted by atomic mass is 32.2. The van der Waals surface area contributed by atoms with Gasteiger partial charge < -0.3 is 21.1 Å². The first kappa shape index (κ1) is 25.8. The Hall–Kier alpha value is -3.27. The zero-order chi connectivity index (χ0) is 26.3. The van der Waals surface area contributed by atoms with Crippen molar-refractivity contribution < 1.29 is 23.1 Å². The molecule has 2 aliphatic rings. The lowest BCUT2D eigenvalue weighted by Gasteiger charge is -2.35. The molecule has 4 rings (SSSR count). The Morgan fingerprint density at radius 1 is 1.33 bits per heavy atom. The summed E-state index contributed by atoms with van der Waals surface area (Å²) in [7, 11) is -2.24. The minimum Gasteiger partial charge on any atom is -0.395 e. The van der Waals surface area contributed by atoms with Crippen LogP contribution in [-0.4, -0.2) is 75.8 Å². The summed E-state index contributed by atoms with van der Waals surface area (Å²) < 4.78 is 25.5. The van der Waals surface area contributed by atoms with Crippen LogP contribution in [-0.2, 0) is 29.9 Å². The minimum atomic E-state index is -3.82. The number of nitriles is 1. The van der Waals surface area contributed by atoms with E-state index in [9.17, 15) is 23.1 Å². The Labute approximate surface area is 209 Å². The third-order valence-corrected chi connectivity index (χ3v) is 10.6. The number of nitrogens with zero attached hydrogens (tertiary/aromatic N) is 4. The first-order chi connectivity index (χ1) is 17.0. The number of carbonyl (C=O) groups is 2. The topological polar surface area (TPSA) is 171 Å². The van der Waals surface area contributed by atoms with E-state index in [0.717, 1.165) is 5.56 Å². The van der Waals surface area contributed by atoms with Crippen LogP contribution in [0, 0.1) is 11.3 Å². The predicted octanol–water partition coefficient (Wildman–Crippen LogP) is -0.123. The highest BCUT2D eigenvalue weighted by Gasteiger charge is 2.61. The summed E-state index contributed by atoms with van der Waals surface area (Å²) in [5, 5.41) is 25.7. The Kier molecular flexibility index (Phi) is 6.68. The molecule has 0 bridgehead atoms. The van der Waals surface area contributed by atoms with E-state index in [0.29, 0.717) is 30.4 Å². The standard InChI is InChI=1S/C24H30N6O5S/c1-23(13-26,15-31)36(34,35)24(8-9-24)14-30-10-7-18-19(28-29(2)20(18)22(30)33)21(32)27-12-17-5-3-16(11-25)4-6-17/h3-6,31H,7-10,12-15,26H2,1-2H3,(H,27,32)/t23-/m1/s1. The van der Waals surface area contributed by atoms with E-state index in [1.807, 2.05) is 6.07 Å². The second-order valence-corrected chi connectivity index (χ2v) is 12.6. The van der Waals surface area contributed by atoms with Gasteiger partial charge in [-0.15, -0.1) is 0 Å². The van der Waals surface area contributed by atoms with Crippen LogP contribution in [0.3, 0.4) is 0 Å². The average Bonchev–Trinajstić information content (AvgIpc) is 3.60. The van der Waals surface area contributed by atoms with Crippen LogP contribution >= 0.6 is 0 Å². The Bertz CT molecular complexity index is 1330. The van der Waals surface area contributed by atoms with Gasteiger partial charge in [0, 0.05) is 38.8 Å². The van der Waals surface area contributed by atoms with E-state index in [1.54, 1.807) is 31.3 Å². The number of sulfone groups is 1. The van der Waals surface area contributed by atoms with Crippen molar-refractivity contribution in [3.8, 4) is 6.07 Å². The maximum Gasteiger partial charge on any atom is 0.272 e. The number of aliphatic hydroxyl groups excluding tert-OH is 1.